The lowest BCUT2D eigenvalue weighted by Crippen LogP contribution is -1.41. The smallest absolute Gasteiger partial charge is 0 e. The summed E-state index contributed by atoms with van der Waals surface area (Å²) in [6, 6.07) is 0. The summed E-state index contributed by atoms with van der Waals surface area (Å²) in [6.07, 6.45) is 0. The Morgan fingerprint density at radius 3 is 0.375 bits per heavy atom. The first-order valence-electron chi connectivity index (χ1n) is 7.87. The van der Waals surface area contributed by atoms with Crippen LogP contribution < -0.4 is 0 Å². The second-order valence-corrected chi connectivity index (χ2v) is 84.9. The minimum absolute atomic E-state index is 1.37. The van der Waals surface area contributed by atoms with Crippen molar-refractivity contribution in [2.24, 2.45) is 0 Å². The fourth-order valence-corrected chi connectivity index (χ4v) is 122. The molecule has 0 spiro atoms. The molecule has 0 aromatic heterocycles. The van der Waals surface area contributed by atoms with Crippen LogP contribution in [-0.2, 0) is 420 Å². The van der Waals surface area contributed by atoms with Crippen LogP contribution in [0.2, 0.25) is 0 Å². The van der Waals surface area contributed by atoms with E-state index in [-0.39, 0.29) is 0 Å². The van der Waals surface area contributed by atoms with Crippen molar-refractivity contribution in [1.82, 2.24) is 0 Å². The quantitative estimate of drug-likeness (QED) is 0.319. The van der Waals surface area contributed by atoms with Gasteiger partial charge < -0.3 is 0 Å². The van der Waals surface area contributed by atoms with Gasteiger partial charge in [-0.3, -0.25) is 0 Å². The average Bonchev–Trinajstić information content (AvgIpc) is 3.10. The third kappa shape index (κ3) is 56.6. The van der Waals surface area contributed by atoms with Crippen LogP contribution in [0.3, 0.4) is 0 Å². The molecule has 0 aromatic carbocycles. The van der Waals surface area contributed by atoms with E-state index < -0.39 is 0 Å². The summed E-state index contributed by atoms with van der Waals surface area (Å²) in [5.41, 5.74) is 0. The Balaban J connectivity index is 6.07. The van der Waals surface area contributed by atoms with Gasteiger partial charge in [-0.15, -0.1) is 0 Å². The molecule has 0 atom stereocenters. The summed E-state index contributed by atoms with van der Waals surface area (Å²) in [5, 5.41) is 0. The van der Waals surface area contributed by atoms with Gasteiger partial charge in [-0.05, 0) is 79.1 Å². The first kappa shape index (κ1) is 58.6. The molecule has 0 saturated carbocycles. The monoisotopic (exact) mass is 1530 g/mol. The molecule has 0 bridgehead atoms. The van der Waals surface area contributed by atoms with Crippen LogP contribution >= 0.6 is 8.02 Å². The maximum absolute atomic E-state index is 4.81. The van der Waals surface area contributed by atoms with Gasteiger partial charge in [-0.1, -0.05) is 9.50 Å². The molecule has 0 nitrogen and oxygen atoms in total. The topological polar surface area (TPSA) is 0 Å². The van der Waals surface area contributed by atoms with Crippen LogP contribution in [0.15, 0.2) is 0 Å². The van der Waals surface area contributed by atoms with Crippen molar-refractivity contribution in [3.05, 3.63) is 0 Å². The molecule has 48 heavy (non-hydrogen) atoms. The van der Waals surface area contributed by atoms with Crippen molar-refractivity contribution in [1.29, 1.82) is 0 Å². The van der Waals surface area contributed by atoms with Gasteiger partial charge in [0.2, 0.25) is 0 Å². The molecule has 0 fully saturated rings. The first-order valence-corrected chi connectivity index (χ1v) is 70.8. The van der Waals surface area contributed by atoms with Crippen molar-refractivity contribution in [3.8, 4) is 0 Å². The van der Waals surface area contributed by atoms with Crippen LogP contribution in [-0.4, -0.2) is 0 Å². The molecule has 0 aliphatic heterocycles. The molecule has 0 heterocycles. The molecule has 0 aromatic rings. The third-order valence-corrected chi connectivity index (χ3v) is 102. The van der Waals surface area contributed by atoms with E-state index in [1.54, 1.807) is 98.3 Å². The summed E-state index contributed by atoms with van der Waals surface area (Å²) in [7, 11) is 86.0. The summed E-state index contributed by atoms with van der Waals surface area (Å²) in [4.78, 5) is 0. The van der Waals surface area contributed by atoms with E-state index >= 15 is 0 Å². The largest absolute Gasteiger partial charge is 0.0540 e. The Morgan fingerprint density at radius 1 is 0.167 bits per heavy atom. The van der Waals surface area contributed by atoms with E-state index in [1.807, 2.05) is 302 Å². The summed E-state index contributed by atoms with van der Waals surface area (Å²) < 4.78 is 0. The zero-order valence-electron chi connectivity index (χ0n) is 19.7. The predicted molar refractivity (Wildman–Crippen MR) is 354 cm³/mol. The molecule has 0 aliphatic rings. The highest BCUT2D eigenvalue weighted by atomic mass is 33.5. The van der Waals surface area contributed by atoms with Gasteiger partial charge in [-0.25, -0.2) is 0 Å². The van der Waals surface area contributed by atoms with Gasteiger partial charge in [0.05, 0.1) is 0 Å². The van der Waals surface area contributed by atoms with Gasteiger partial charge in [0.1, 0.15) is 0 Å². The SMILES string of the molecule is P=S=S=S=S=S=S=S=S=S=S=S=S=S=S=S=S=S=S=S=S=S=S=S=S=S=S=S=S=S=S=S=S=S=S=S=S=S=S=S=S=S=S=S=S=S=S=S. The fraction of sp³-hybridized carbons (Fsp3) is 0. The van der Waals surface area contributed by atoms with Crippen molar-refractivity contribution >= 4 is 428 Å². The summed E-state index contributed by atoms with van der Waals surface area (Å²) in [6.45, 7) is 0. The van der Waals surface area contributed by atoms with Crippen LogP contribution in [0.1, 0.15) is 0 Å². The van der Waals surface area contributed by atoms with Crippen molar-refractivity contribution in [3.63, 3.8) is 0 Å². The minimum atomic E-state index is 1.37. The van der Waals surface area contributed by atoms with E-state index in [1.165, 1.54) is 8.88 Å². The first-order chi connectivity index (χ1) is 23.9. The van der Waals surface area contributed by atoms with Gasteiger partial charge in [0, 0.05) is 340 Å². The normalized spacial score (nSPS) is 7.75. The second-order valence-electron chi connectivity index (χ2n) is 3.15. The molecule has 0 amide bonds. The van der Waals surface area contributed by atoms with Crippen molar-refractivity contribution in [2.45, 2.75) is 0 Å². The van der Waals surface area contributed by atoms with Crippen LogP contribution in [0.25, 0.3) is 0 Å². The highest BCUT2D eigenvalue weighted by molar-refractivity contribution is 8.82. The number of hydrogen-bond donors (Lipinski definition) is 0. The predicted octanol–water partition coefficient (Wildman–Crippen LogP) is 0.481. The molecule has 0 rings (SSSR count). The number of rotatable bonds is 0. The molecule has 0 unspecified atom stereocenters. The lowest BCUT2D eigenvalue weighted by atomic mass is 30.5. The van der Waals surface area contributed by atoms with Crippen LogP contribution in [0.4, 0.5) is 0 Å². The van der Waals surface area contributed by atoms with Crippen LogP contribution in [0.5, 0.6) is 0 Å². The lowest BCUT2D eigenvalue weighted by Gasteiger charge is -1.41. The summed E-state index contributed by atoms with van der Waals surface area (Å²) in [5.74, 6) is 0. The molecule has 0 radical (unpaired) electrons. The van der Waals surface area contributed by atoms with Crippen LogP contribution in [0, 0.1) is 0 Å². The molecule has 288 valence electrons. The maximum Gasteiger partial charge on any atom is 0 e. The van der Waals surface area contributed by atoms with E-state index in [2.05, 4.69) is 8.02 Å². The standard InChI is InChI=1S/HPS47/c1-3-5-7-9-11-13-15-17-19-21-23-25-27-29-31-33-35-37-39-41-43-45-47-48-46-44-42-40-38-36-34-32-30-28-26-24-22-20-18-16-14-12-10-8-6-4-2/h1H. The van der Waals surface area contributed by atoms with E-state index in [0.29, 0.717) is 0 Å². The van der Waals surface area contributed by atoms with Gasteiger partial charge >= 0.3 is 0 Å². The minimum Gasteiger partial charge on any atom is -0.0540 e. The molecule has 0 N–H and O–H groups in total. The zero-order chi connectivity index (χ0) is 34.5. The number of hydrogen-bond acceptors (Lipinski definition) is 1. The van der Waals surface area contributed by atoms with E-state index in [4.69, 9.17) is 11.2 Å². The molecular formula is HPS47. The highest BCUT2D eigenvalue weighted by Gasteiger charge is 1.45. The Hall–Kier alpha value is 10.6. The Kier molecular flexibility index (Phi) is 70.4. The van der Waals surface area contributed by atoms with Gasteiger partial charge in [0.25, 0.3) is 0 Å². The Bertz CT molecular complexity index is 3040. The Morgan fingerprint density at radius 2 is 0.271 bits per heavy atom. The molecule has 0 aliphatic carbocycles. The zero-order valence-corrected chi connectivity index (χ0v) is 59.1. The summed E-state index contributed by atoms with van der Waals surface area (Å²) >= 11 is 4.81. The molecular weight excluding hydrogens is 1540 g/mol. The fourth-order valence-electron chi connectivity index (χ4n) is 0.502. The van der Waals surface area contributed by atoms with E-state index in [0.717, 1.165) is 0 Å². The molecule has 48 heteroatoms. The van der Waals surface area contributed by atoms with Gasteiger partial charge in [-0.2, -0.15) is 0 Å². The maximum atomic E-state index is 4.81. The third-order valence-electron chi connectivity index (χ3n) is 1.26. The van der Waals surface area contributed by atoms with Crippen molar-refractivity contribution < 1.29 is 0 Å². The molecule has 0 saturated heterocycles. The lowest BCUT2D eigenvalue weighted by molar-refractivity contribution is 5.95. The second kappa shape index (κ2) is 57.6. The van der Waals surface area contributed by atoms with E-state index in [9.17, 15) is 0 Å². The van der Waals surface area contributed by atoms with Gasteiger partial charge in [0.15, 0.2) is 0 Å². The average molecular weight is 1540 g/mol. The van der Waals surface area contributed by atoms with Crippen molar-refractivity contribution in [2.75, 3.05) is 0 Å². The highest BCUT2D eigenvalue weighted by Crippen LogP contribution is 1.46. The Labute approximate surface area is 415 Å².